The van der Waals surface area contributed by atoms with Crippen LogP contribution in [0.5, 0.6) is 0 Å². The smallest absolute Gasteiger partial charge is 0.410 e. The van der Waals surface area contributed by atoms with Crippen LogP contribution in [-0.4, -0.2) is 46.3 Å². The van der Waals surface area contributed by atoms with Crippen molar-refractivity contribution in [2.75, 3.05) is 19.7 Å². The van der Waals surface area contributed by atoms with Crippen LogP contribution in [0.3, 0.4) is 0 Å². The van der Waals surface area contributed by atoms with Crippen molar-refractivity contribution in [1.29, 1.82) is 0 Å². The average molecular weight is 344 g/mol. The quantitative estimate of drug-likeness (QED) is 0.733. The average Bonchev–Trinajstić information content (AvgIpc) is 2.37. The Balaban J connectivity index is 2.03. The summed E-state index contributed by atoms with van der Waals surface area (Å²) in [5.74, 6) is 0. The first-order chi connectivity index (χ1) is 9.35. The molecule has 1 aliphatic heterocycles. The number of carbonyl (C=O) groups is 1. The van der Waals surface area contributed by atoms with E-state index in [9.17, 15) is 4.79 Å². The lowest BCUT2D eigenvalue weighted by Gasteiger charge is -2.33. The lowest BCUT2D eigenvalue weighted by Crippen LogP contribution is -2.44. The van der Waals surface area contributed by atoms with Gasteiger partial charge in [0.25, 0.3) is 0 Å². The molecule has 0 radical (unpaired) electrons. The highest BCUT2D eigenvalue weighted by atomic mass is 79.9. The van der Waals surface area contributed by atoms with Gasteiger partial charge in [0.2, 0.25) is 0 Å². The molecule has 1 unspecified atom stereocenters. The molecule has 110 valence electrons. The zero-order chi connectivity index (χ0) is 14.8. The number of amides is 1. The number of carbonyl (C=O) groups excluding carboxylic acids is 1. The fraction of sp³-hybridized carbons (Fsp3) is 0.615. The van der Waals surface area contributed by atoms with Crippen LogP contribution in [0.2, 0.25) is 0 Å². The van der Waals surface area contributed by atoms with E-state index in [1.54, 1.807) is 11.0 Å². The number of nitrogens with zero attached hydrogens (tertiary/aromatic N) is 3. The molecular weight excluding hydrogens is 326 g/mol. The van der Waals surface area contributed by atoms with Crippen molar-refractivity contribution in [2.24, 2.45) is 0 Å². The third-order valence-corrected chi connectivity index (χ3v) is 3.14. The normalized spacial score (nSPS) is 19.8. The second-order valence-electron chi connectivity index (χ2n) is 5.55. The number of aromatic nitrogens is 2. The Bertz CT molecular complexity index is 490. The van der Waals surface area contributed by atoms with E-state index in [4.69, 9.17) is 9.47 Å². The van der Waals surface area contributed by atoms with Crippen LogP contribution in [0.4, 0.5) is 4.79 Å². The van der Waals surface area contributed by atoms with E-state index in [0.29, 0.717) is 24.3 Å². The first-order valence-electron chi connectivity index (χ1n) is 6.42. The number of rotatable bonds is 1. The van der Waals surface area contributed by atoms with E-state index in [2.05, 4.69) is 25.9 Å². The van der Waals surface area contributed by atoms with Crippen molar-refractivity contribution in [3.63, 3.8) is 0 Å². The first-order valence-corrected chi connectivity index (χ1v) is 7.21. The molecule has 0 aliphatic carbocycles. The molecule has 1 atom stereocenters. The number of halogens is 1. The Kier molecular flexibility index (Phi) is 4.59. The summed E-state index contributed by atoms with van der Waals surface area (Å²) >= 11 is 3.30. The molecule has 1 saturated heterocycles. The van der Waals surface area contributed by atoms with Crippen molar-refractivity contribution >= 4 is 22.0 Å². The summed E-state index contributed by atoms with van der Waals surface area (Å²) < 4.78 is 11.7. The molecule has 0 N–H and O–H groups in total. The number of hydrogen-bond acceptors (Lipinski definition) is 5. The van der Waals surface area contributed by atoms with Gasteiger partial charge in [-0.2, -0.15) is 0 Å². The largest absolute Gasteiger partial charge is 0.444 e. The zero-order valence-electron chi connectivity index (χ0n) is 11.8. The Labute approximate surface area is 126 Å². The SMILES string of the molecule is CC(C)(C)OC(=O)N1CCOC(c2cc(Br)ncn2)C1. The van der Waals surface area contributed by atoms with Gasteiger partial charge in [-0.3, -0.25) is 0 Å². The van der Waals surface area contributed by atoms with Gasteiger partial charge >= 0.3 is 6.09 Å². The number of hydrogen-bond donors (Lipinski definition) is 0. The maximum absolute atomic E-state index is 12.1. The van der Waals surface area contributed by atoms with Crippen LogP contribution in [0, 0.1) is 0 Å². The zero-order valence-corrected chi connectivity index (χ0v) is 13.4. The lowest BCUT2D eigenvalue weighted by atomic mass is 10.2. The third kappa shape index (κ3) is 4.14. The summed E-state index contributed by atoms with van der Waals surface area (Å²) in [4.78, 5) is 21.9. The summed E-state index contributed by atoms with van der Waals surface area (Å²) in [5, 5.41) is 0. The van der Waals surface area contributed by atoms with E-state index in [-0.39, 0.29) is 12.2 Å². The molecule has 0 saturated carbocycles. The summed E-state index contributed by atoms with van der Waals surface area (Å²) in [6, 6.07) is 1.79. The van der Waals surface area contributed by atoms with Crippen LogP contribution in [0.1, 0.15) is 32.6 Å². The molecule has 0 bridgehead atoms. The molecule has 7 heteroatoms. The van der Waals surface area contributed by atoms with Crippen molar-refractivity contribution < 1.29 is 14.3 Å². The Morgan fingerprint density at radius 1 is 1.50 bits per heavy atom. The standard InChI is InChI=1S/C13H18BrN3O3/c1-13(2,3)20-12(18)17-4-5-19-10(7-17)9-6-11(14)16-8-15-9/h6,8,10H,4-5,7H2,1-3H3. The van der Waals surface area contributed by atoms with Crippen LogP contribution >= 0.6 is 15.9 Å². The van der Waals surface area contributed by atoms with Crippen molar-refractivity contribution in [1.82, 2.24) is 14.9 Å². The second-order valence-corrected chi connectivity index (χ2v) is 6.36. The van der Waals surface area contributed by atoms with Gasteiger partial charge in [0.1, 0.15) is 22.6 Å². The first kappa shape index (κ1) is 15.2. The van der Waals surface area contributed by atoms with E-state index in [1.165, 1.54) is 6.33 Å². The Morgan fingerprint density at radius 2 is 2.25 bits per heavy atom. The second kappa shape index (κ2) is 6.05. The third-order valence-electron chi connectivity index (χ3n) is 2.70. The van der Waals surface area contributed by atoms with Gasteiger partial charge < -0.3 is 14.4 Å². The van der Waals surface area contributed by atoms with Gasteiger partial charge in [0.05, 0.1) is 18.8 Å². The van der Waals surface area contributed by atoms with Crippen molar-refractivity contribution in [2.45, 2.75) is 32.5 Å². The fourth-order valence-electron chi connectivity index (χ4n) is 1.84. The van der Waals surface area contributed by atoms with Gasteiger partial charge in [-0.25, -0.2) is 14.8 Å². The summed E-state index contributed by atoms with van der Waals surface area (Å²) in [5.41, 5.74) is 0.253. The number of morpholine rings is 1. The minimum Gasteiger partial charge on any atom is -0.444 e. The molecule has 2 heterocycles. The minimum atomic E-state index is -0.497. The minimum absolute atomic E-state index is 0.254. The highest BCUT2D eigenvalue weighted by Crippen LogP contribution is 2.23. The van der Waals surface area contributed by atoms with Crippen LogP contribution in [-0.2, 0) is 9.47 Å². The van der Waals surface area contributed by atoms with Crippen LogP contribution < -0.4 is 0 Å². The predicted molar refractivity (Wildman–Crippen MR) is 76.2 cm³/mol. The Hall–Kier alpha value is -1.21. The maximum Gasteiger partial charge on any atom is 0.410 e. The summed E-state index contributed by atoms with van der Waals surface area (Å²) in [6.45, 7) is 6.97. The molecular formula is C13H18BrN3O3. The fourth-order valence-corrected chi connectivity index (χ4v) is 2.17. The molecule has 6 nitrogen and oxygen atoms in total. The molecule has 1 aliphatic rings. The number of ether oxygens (including phenoxy) is 2. The molecule has 1 fully saturated rings. The van der Waals surface area contributed by atoms with Gasteiger partial charge in [-0.05, 0) is 42.8 Å². The van der Waals surface area contributed by atoms with E-state index in [1.807, 2.05) is 20.8 Å². The molecule has 20 heavy (non-hydrogen) atoms. The highest BCUT2D eigenvalue weighted by Gasteiger charge is 2.29. The molecule has 0 spiro atoms. The van der Waals surface area contributed by atoms with Crippen molar-refractivity contribution in [3.05, 3.63) is 22.7 Å². The molecule has 1 amide bonds. The topological polar surface area (TPSA) is 64.5 Å². The van der Waals surface area contributed by atoms with E-state index >= 15 is 0 Å². The Morgan fingerprint density at radius 3 is 2.90 bits per heavy atom. The molecule has 2 rings (SSSR count). The maximum atomic E-state index is 12.1. The molecule has 1 aromatic rings. The van der Waals surface area contributed by atoms with Gasteiger partial charge in [-0.15, -0.1) is 0 Å². The van der Waals surface area contributed by atoms with Gasteiger partial charge in [0.15, 0.2) is 0 Å². The van der Waals surface area contributed by atoms with E-state index in [0.717, 1.165) is 5.69 Å². The van der Waals surface area contributed by atoms with Gasteiger partial charge in [0, 0.05) is 6.54 Å². The predicted octanol–water partition coefficient (Wildman–Crippen LogP) is 2.55. The lowest BCUT2D eigenvalue weighted by molar-refractivity contribution is -0.0447. The molecule has 1 aromatic heterocycles. The summed E-state index contributed by atoms with van der Waals surface area (Å²) in [6.07, 6.45) is 0.893. The van der Waals surface area contributed by atoms with Crippen LogP contribution in [0.15, 0.2) is 17.0 Å². The monoisotopic (exact) mass is 343 g/mol. The molecule has 0 aromatic carbocycles. The van der Waals surface area contributed by atoms with Gasteiger partial charge in [-0.1, -0.05) is 0 Å². The van der Waals surface area contributed by atoms with Crippen molar-refractivity contribution in [3.8, 4) is 0 Å². The summed E-state index contributed by atoms with van der Waals surface area (Å²) in [7, 11) is 0. The highest BCUT2D eigenvalue weighted by molar-refractivity contribution is 9.10. The van der Waals surface area contributed by atoms with E-state index < -0.39 is 5.60 Å². The van der Waals surface area contributed by atoms with Crippen LogP contribution in [0.25, 0.3) is 0 Å².